The topological polar surface area (TPSA) is 50.5 Å². The van der Waals surface area contributed by atoms with E-state index < -0.39 is 0 Å². The van der Waals surface area contributed by atoms with Gasteiger partial charge in [-0.25, -0.2) is 4.98 Å². The fraction of sp³-hybridized carbons (Fsp3) is 0.316. The molecule has 1 amide bonds. The first-order valence-corrected chi connectivity index (χ1v) is 8.42. The summed E-state index contributed by atoms with van der Waals surface area (Å²) in [7, 11) is 0. The van der Waals surface area contributed by atoms with Crippen molar-refractivity contribution in [3.05, 3.63) is 54.1 Å². The lowest BCUT2D eigenvalue weighted by Crippen LogP contribution is -2.35. The Morgan fingerprint density at radius 2 is 1.83 bits per heavy atom. The van der Waals surface area contributed by atoms with Gasteiger partial charge in [0.1, 0.15) is 11.4 Å². The fourth-order valence-electron chi connectivity index (χ4n) is 3.20. The van der Waals surface area contributed by atoms with E-state index in [1.165, 1.54) is 12.0 Å². The fourth-order valence-corrected chi connectivity index (χ4v) is 3.20. The van der Waals surface area contributed by atoms with Crippen LogP contribution in [0.15, 0.2) is 42.9 Å². The molecule has 0 atom stereocenters. The minimum atomic E-state index is 0.0215. The van der Waals surface area contributed by atoms with Crippen molar-refractivity contribution >= 4 is 11.6 Å². The molecule has 122 valence electrons. The van der Waals surface area contributed by atoms with E-state index in [2.05, 4.69) is 29.0 Å². The molecule has 1 aliphatic heterocycles. The van der Waals surface area contributed by atoms with Gasteiger partial charge in [0.05, 0.1) is 0 Å². The lowest BCUT2D eigenvalue weighted by atomic mass is 10.1. The Balaban J connectivity index is 1.74. The molecule has 24 heavy (non-hydrogen) atoms. The summed E-state index contributed by atoms with van der Waals surface area (Å²) in [5.74, 6) is 0.0215. The first kappa shape index (κ1) is 14.9. The lowest BCUT2D eigenvalue weighted by molar-refractivity contribution is 0.0719. The van der Waals surface area contributed by atoms with E-state index in [4.69, 9.17) is 0 Å². The van der Waals surface area contributed by atoms with Crippen LogP contribution in [0.25, 0.3) is 16.9 Å². The molecule has 0 spiro atoms. The number of imidazole rings is 1. The van der Waals surface area contributed by atoms with E-state index in [1.54, 1.807) is 6.20 Å². The van der Waals surface area contributed by atoms with Crippen LogP contribution in [0.4, 0.5) is 0 Å². The van der Waals surface area contributed by atoms with Crippen LogP contribution < -0.4 is 0 Å². The molecule has 0 N–H and O–H groups in total. The molecule has 1 aromatic carbocycles. The number of carbonyl (C=O) groups is 1. The Kier molecular flexibility index (Phi) is 3.76. The highest BCUT2D eigenvalue weighted by atomic mass is 16.2. The van der Waals surface area contributed by atoms with Gasteiger partial charge in [0.25, 0.3) is 5.91 Å². The number of aryl methyl sites for hydroxylation is 1. The van der Waals surface area contributed by atoms with Crippen LogP contribution in [0.3, 0.4) is 0 Å². The number of amides is 1. The third kappa shape index (κ3) is 2.66. The number of benzene rings is 1. The SMILES string of the molecule is Cc1ccc(-c2nccn3cc(C(=O)N4CCCCC4)nc23)cc1. The molecular weight excluding hydrogens is 300 g/mol. The molecule has 3 aromatic rings. The smallest absolute Gasteiger partial charge is 0.274 e. The Labute approximate surface area is 141 Å². The van der Waals surface area contributed by atoms with Crippen molar-refractivity contribution in [1.29, 1.82) is 0 Å². The second-order valence-corrected chi connectivity index (χ2v) is 6.35. The van der Waals surface area contributed by atoms with Crippen LogP contribution >= 0.6 is 0 Å². The number of carbonyl (C=O) groups excluding carboxylic acids is 1. The van der Waals surface area contributed by atoms with Crippen LogP contribution in [0, 0.1) is 6.92 Å². The molecule has 1 fully saturated rings. The van der Waals surface area contributed by atoms with Crippen LogP contribution in [-0.2, 0) is 0 Å². The van der Waals surface area contributed by atoms with E-state index in [1.807, 2.05) is 33.8 Å². The van der Waals surface area contributed by atoms with E-state index >= 15 is 0 Å². The van der Waals surface area contributed by atoms with Crippen molar-refractivity contribution < 1.29 is 4.79 Å². The van der Waals surface area contributed by atoms with Crippen LogP contribution in [-0.4, -0.2) is 38.3 Å². The number of likely N-dealkylation sites (tertiary alicyclic amines) is 1. The van der Waals surface area contributed by atoms with E-state index in [9.17, 15) is 4.79 Å². The zero-order chi connectivity index (χ0) is 16.5. The Hall–Kier alpha value is -2.69. The molecular formula is C19H20N4O. The average Bonchev–Trinajstić information content (AvgIpc) is 3.07. The second-order valence-electron chi connectivity index (χ2n) is 6.35. The second kappa shape index (κ2) is 6.07. The van der Waals surface area contributed by atoms with Gasteiger partial charge in [-0.3, -0.25) is 9.78 Å². The molecule has 5 heteroatoms. The highest BCUT2D eigenvalue weighted by Gasteiger charge is 2.21. The highest BCUT2D eigenvalue weighted by molar-refractivity contribution is 5.93. The van der Waals surface area contributed by atoms with Crippen LogP contribution in [0.2, 0.25) is 0 Å². The molecule has 1 aliphatic rings. The third-order valence-electron chi connectivity index (χ3n) is 4.56. The van der Waals surface area contributed by atoms with Gasteiger partial charge >= 0.3 is 0 Å². The van der Waals surface area contributed by atoms with Gasteiger partial charge in [0.2, 0.25) is 0 Å². The Bertz CT molecular complexity index is 876. The van der Waals surface area contributed by atoms with Crippen molar-refractivity contribution in [1.82, 2.24) is 19.3 Å². The first-order valence-electron chi connectivity index (χ1n) is 8.42. The highest BCUT2D eigenvalue weighted by Crippen LogP contribution is 2.23. The Morgan fingerprint density at radius 3 is 2.58 bits per heavy atom. The predicted molar refractivity (Wildman–Crippen MR) is 92.9 cm³/mol. The number of fused-ring (bicyclic) bond motifs is 1. The minimum Gasteiger partial charge on any atom is -0.337 e. The molecule has 3 heterocycles. The van der Waals surface area contributed by atoms with E-state index in [0.717, 1.165) is 42.8 Å². The lowest BCUT2D eigenvalue weighted by Gasteiger charge is -2.25. The van der Waals surface area contributed by atoms with Gasteiger partial charge < -0.3 is 9.30 Å². The maximum absolute atomic E-state index is 12.7. The summed E-state index contributed by atoms with van der Waals surface area (Å²) in [6.45, 7) is 3.72. The zero-order valence-electron chi connectivity index (χ0n) is 13.8. The minimum absolute atomic E-state index is 0.0215. The standard InChI is InChI=1S/C19H20N4O/c1-14-5-7-15(8-6-14)17-18-21-16(13-23(18)12-9-20-17)19(24)22-10-3-2-4-11-22/h5-9,12-13H,2-4,10-11H2,1H3. The molecule has 0 bridgehead atoms. The van der Waals surface area contributed by atoms with Gasteiger partial charge in [-0.1, -0.05) is 29.8 Å². The van der Waals surface area contributed by atoms with Gasteiger partial charge in [-0.2, -0.15) is 0 Å². The maximum Gasteiger partial charge on any atom is 0.274 e. The van der Waals surface area contributed by atoms with Crippen molar-refractivity contribution in [2.75, 3.05) is 13.1 Å². The molecule has 0 saturated carbocycles. The number of aromatic nitrogens is 3. The number of piperidine rings is 1. The van der Waals surface area contributed by atoms with Crippen LogP contribution in [0.1, 0.15) is 35.3 Å². The van der Waals surface area contributed by atoms with Gasteiger partial charge in [0, 0.05) is 37.2 Å². The van der Waals surface area contributed by atoms with Gasteiger partial charge in [-0.15, -0.1) is 0 Å². The summed E-state index contributed by atoms with van der Waals surface area (Å²) in [6.07, 6.45) is 8.76. The predicted octanol–water partition coefficient (Wildman–Crippen LogP) is 3.33. The maximum atomic E-state index is 12.7. The van der Waals surface area contributed by atoms with Crippen molar-refractivity contribution in [2.24, 2.45) is 0 Å². The molecule has 0 unspecified atom stereocenters. The number of rotatable bonds is 2. The van der Waals surface area contributed by atoms with Crippen molar-refractivity contribution in [3.8, 4) is 11.3 Å². The number of hydrogen-bond donors (Lipinski definition) is 0. The normalized spacial score (nSPS) is 15.0. The molecule has 1 saturated heterocycles. The van der Waals surface area contributed by atoms with Crippen molar-refractivity contribution in [2.45, 2.75) is 26.2 Å². The van der Waals surface area contributed by atoms with Gasteiger partial charge in [-0.05, 0) is 26.2 Å². The summed E-state index contributed by atoms with van der Waals surface area (Å²) < 4.78 is 1.89. The summed E-state index contributed by atoms with van der Waals surface area (Å²) in [4.78, 5) is 23.7. The van der Waals surface area contributed by atoms with E-state index in [-0.39, 0.29) is 5.91 Å². The number of hydrogen-bond acceptors (Lipinski definition) is 3. The van der Waals surface area contributed by atoms with Crippen LogP contribution in [0.5, 0.6) is 0 Å². The number of nitrogens with zero attached hydrogens (tertiary/aromatic N) is 4. The molecule has 2 aromatic heterocycles. The average molecular weight is 320 g/mol. The first-order chi connectivity index (χ1) is 11.7. The zero-order valence-corrected chi connectivity index (χ0v) is 13.8. The molecule has 5 nitrogen and oxygen atoms in total. The largest absolute Gasteiger partial charge is 0.337 e. The summed E-state index contributed by atoms with van der Waals surface area (Å²) >= 11 is 0. The summed E-state index contributed by atoms with van der Waals surface area (Å²) in [6, 6.07) is 8.20. The monoisotopic (exact) mass is 320 g/mol. The van der Waals surface area contributed by atoms with Crippen molar-refractivity contribution in [3.63, 3.8) is 0 Å². The Morgan fingerprint density at radius 1 is 1.08 bits per heavy atom. The van der Waals surface area contributed by atoms with E-state index in [0.29, 0.717) is 5.69 Å². The molecule has 0 aliphatic carbocycles. The van der Waals surface area contributed by atoms with Gasteiger partial charge in [0.15, 0.2) is 5.65 Å². The molecule has 0 radical (unpaired) electrons. The molecule has 4 rings (SSSR count). The third-order valence-corrected chi connectivity index (χ3v) is 4.56. The quantitative estimate of drug-likeness (QED) is 0.728. The summed E-state index contributed by atoms with van der Waals surface area (Å²) in [5, 5.41) is 0. The summed E-state index contributed by atoms with van der Waals surface area (Å²) in [5.41, 5.74) is 4.24.